The number of piperidine rings is 1. The molecule has 2 fully saturated rings. The number of nitrogens with zero attached hydrogens (tertiary/aromatic N) is 3. The van der Waals surface area contributed by atoms with Crippen LogP contribution in [0, 0.1) is 19.8 Å². The van der Waals surface area contributed by atoms with Gasteiger partial charge in [0.1, 0.15) is 11.3 Å². The molecule has 0 radical (unpaired) electrons. The van der Waals surface area contributed by atoms with Crippen molar-refractivity contribution in [3.8, 4) is 0 Å². The first-order chi connectivity index (χ1) is 17.5. The number of fused-ring (bicyclic) bond motifs is 2. The number of hydrogen-bond donors (Lipinski definition) is 3. The smallest absolute Gasteiger partial charge is 0.475 e. The summed E-state index contributed by atoms with van der Waals surface area (Å²) in [6, 6.07) is 4.90. The highest BCUT2D eigenvalue weighted by Gasteiger charge is 2.45. The molecule has 1 amide bonds. The third-order valence-corrected chi connectivity index (χ3v) is 5.83. The molecule has 1 aliphatic heterocycles. The van der Waals surface area contributed by atoms with Crippen LogP contribution in [0.2, 0.25) is 0 Å². The van der Waals surface area contributed by atoms with Crippen LogP contribution in [-0.4, -0.2) is 74.1 Å². The van der Waals surface area contributed by atoms with Gasteiger partial charge in [0, 0.05) is 37.6 Å². The van der Waals surface area contributed by atoms with Crippen LogP contribution in [0.15, 0.2) is 29.0 Å². The molecule has 1 saturated heterocycles. The summed E-state index contributed by atoms with van der Waals surface area (Å²) in [4.78, 5) is 37.0. The lowest BCUT2D eigenvalue weighted by Crippen LogP contribution is -2.45. The average molecular weight is 554 g/mol. The van der Waals surface area contributed by atoms with Crippen molar-refractivity contribution in [1.82, 2.24) is 20.4 Å². The predicted molar refractivity (Wildman–Crippen MR) is 116 cm³/mol. The number of likely N-dealkylation sites (tertiary alicyclic amines) is 1. The molecule has 1 aliphatic carbocycles. The van der Waals surface area contributed by atoms with E-state index in [0.29, 0.717) is 29.0 Å². The lowest BCUT2D eigenvalue weighted by Gasteiger charge is -2.31. The fourth-order valence-electron chi connectivity index (χ4n) is 4.19. The molecule has 210 valence electrons. The van der Waals surface area contributed by atoms with Crippen LogP contribution < -0.4 is 5.32 Å². The first-order valence-corrected chi connectivity index (χ1v) is 11.0. The number of alkyl halides is 6. The Bertz CT molecular complexity index is 1080. The summed E-state index contributed by atoms with van der Waals surface area (Å²) in [6.45, 7) is 5.57. The van der Waals surface area contributed by atoms with Gasteiger partial charge in [0.25, 0.3) is 5.91 Å². The zero-order valence-corrected chi connectivity index (χ0v) is 20.0. The minimum atomic E-state index is -5.08. The van der Waals surface area contributed by atoms with Crippen molar-refractivity contribution in [2.24, 2.45) is 5.92 Å². The normalized spacial score (nSPS) is 20.6. The molecular weight excluding hydrogens is 530 g/mol. The maximum absolute atomic E-state index is 12.5. The number of carboxylic acids is 2. The molecule has 2 aromatic heterocycles. The van der Waals surface area contributed by atoms with Gasteiger partial charge in [-0.05, 0) is 44.2 Å². The van der Waals surface area contributed by atoms with Crippen molar-refractivity contribution in [1.29, 1.82) is 0 Å². The van der Waals surface area contributed by atoms with Crippen molar-refractivity contribution in [3.05, 3.63) is 47.1 Å². The summed E-state index contributed by atoms with van der Waals surface area (Å²) in [5.41, 5.74) is 2.50. The molecule has 3 unspecified atom stereocenters. The van der Waals surface area contributed by atoms with Crippen molar-refractivity contribution < 1.29 is 55.5 Å². The van der Waals surface area contributed by atoms with E-state index in [0.717, 1.165) is 25.9 Å². The van der Waals surface area contributed by atoms with Gasteiger partial charge in [-0.1, -0.05) is 11.2 Å². The standard InChI is InChI=1S/C18H22N4O2.2C2HF3O2/c1-11-17(12(2)24-21-11)18(23)20-16-7-15-6-14(16)10-22(15)9-13-4-3-5-19-8-13;2*3-2(4,5)1(6)7/h3-5,8,14-16H,6-7,9-10H2,1-2H3,(H,20,23);2*(H,6,7). The Labute approximate surface area is 211 Å². The Kier molecular flexibility index (Phi) is 9.83. The van der Waals surface area contributed by atoms with Crippen LogP contribution in [0.25, 0.3) is 0 Å². The van der Waals surface area contributed by atoms with E-state index in [-0.39, 0.29) is 11.9 Å². The summed E-state index contributed by atoms with van der Waals surface area (Å²) in [7, 11) is 0. The van der Waals surface area contributed by atoms with E-state index in [2.05, 4.69) is 26.4 Å². The van der Waals surface area contributed by atoms with E-state index in [4.69, 9.17) is 24.3 Å². The van der Waals surface area contributed by atoms with Gasteiger partial charge in [-0.25, -0.2) is 9.59 Å². The largest absolute Gasteiger partial charge is 0.490 e. The highest BCUT2D eigenvalue weighted by molar-refractivity contribution is 5.96. The second kappa shape index (κ2) is 12.2. The third kappa shape index (κ3) is 8.43. The van der Waals surface area contributed by atoms with E-state index in [1.807, 2.05) is 19.2 Å². The molecule has 2 aliphatic rings. The molecule has 3 N–H and O–H groups in total. The topological polar surface area (TPSA) is 146 Å². The second-order valence-electron chi connectivity index (χ2n) is 8.56. The fourth-order valence-corrected chi connectivity index (χ4v) is 4.19. The van der Waals surface area contributed by atoms with Crippen LogP contribution in [-0.2, 0) is 16.1 Å². The molecular formula is C22H24F6N4O6. The number of nitrogens with one attached hydrogen (secondary N) is 1. The molecule has 38 heavy (non-hydrogen) atoms. The number of aryl methyl sites for hydroxylation is 2. The zero-order chi connectivity index (χ0) is 28.8. The molecule has 10 nitrogen and oxygen atoms in total. The lowest BCUT2D eigenvalue weighted by molar-refractivity contribution is -0.193. The Morgan fingerprint density at radius 3 is 2.05 bits per heavy atom. The number of halogens is 6. The number of carbonyl (C=O) groups is 3. The minimum absolute atomic E-state index is 0.0531. The Morgan fingerprint density at radius 1 is 1.08 bits per heavy atom. The molecule has 1 saturated carbocycles. The first-order valence-electron chi connectivity index (χ1n) is 11.0. The molecule has 2 aromatic rings. The summed E-state index contributed by atoms with van der Waals surface area (Å²) in [5.74, 6) is -4.45. The van der Waals surface area contributed by atoms with Crippen LogP contribution in [0.3, 0.4) is 0 Å². The van der Waals surface area contributed by atoms with Gasteiger partial charge in [-0.15, -0.1) is 0 Å². The van der Waals surface area contributed by atoms with Crippen LogP contribution in [0.4, 0.5) is 26.3 Å². The van der Waals surface area contributed by atoms with Gasteiger partial charge in [-0.2, -0.15) is 26.3 Å². The number of amides is 1. The second-order valence-corrected chi connectivity index (χ2v) is 8.56. The molecule has 2 bridgehead atoms. The number of carboxylic acid groups (broad SMARTS) is 2. The zero-order valence-electron chi connectivity index (χ0n) is 20.0. The molecule has 0 spiro atoms. The van der Waals surface area contributed by atoms with E-state index in [1.54, 1.807) is 13.1 Å². The fraction of sp³-hybridized carbons (Fsp3) is 0.500. The van der Waals surface area contributed by atoms with Crippen molar-refractivity contribution in [3.63, 3.8) is 0 Å². The number of carbonyl (C=O) groups excluding carboxylic acids is 1. The quantitative estimate of drug-likeness (QED) is 0.485. The highest BCUT2D eigenvalue weighted by Crippen LogP contribution is 2.38. The van der Waals surface area contributed by atoms with Crippen molar-refractivity contribution in [2.75, 3.05) is 6.54 Å². The molecule has 3 heterocycles. The molecule has 16 heteroatoms. The first kappa shape index (κ1) is 30.5. The number of pyridine rings is 1. The maximum atomic E-state index is 12.5. The average Bonchev–Trinajstić information content (AvgIpc) is 3.48. The van der Waals surface area contributed by atoms with Gasteiger partial charge in [0.2, 0.25) is 0 Å². The monoisotopic (exact) mass is 554 g/mol. The highest BCUT2D eigenvalue weighted by atomic mass is 19.4. The Hall–Kier alpha value is -3.69. The summed E-state index contributed by atoms with van der Waals surface area (Å²) < 4.78 is 68.6. The van der Waals surface area contributed by atoms with Crippen LogP contribution in [0.5, 0.6) is 0 Å². The van der Waals surface area contributed by atoms with Crippen molar-refractivity contribution >= 4 is 17.8 Å². The van der Waals surface area contributed by atoms with Crippen molar-refractivity contribution in [2.45, 2.75) is 57.7 Å². The van der Waals surface area contributed by atoms with E-state index in [9.17, 15) is 31.1 Å². The predicted octanol–water partition coefficient (Wildman–Crippen LogP) is 3.35. The van der Waals surface area contributed by atoms with Gasteiger partial charge >= 0.3 is 24.3 Å². The Balaban J connectivity index is 0.000000301. The summed E-state index contributed by atoms with van der Waals surface area (Å²) in [5, 5.41) is 21.3. The number of hydrogen-bond acceptors (Lipinski definition) is 7. The van der Waals surface area contributed by atoms with Gasteiger partial charge in [0.15, 0.2) is 0 Å². The molecule has 3 atom stereocenters. The van der Waals surface area contributed by atoms with E-state index >= 15 is 0 Å². The number of rotatable bonds is 4. The van der Waals surface area contributed by atoms with Gasteiger partial charge in [0.05, 0.1) is 5.69 Å². The van der Waals surface area contributed by atoms with E-state index in [1.165, 1.54) is 5.56 Å². The van der Waals surface area contributed by atoms with Crippen LogP contribution >= 0.6 is 0 Å². The molecule has 4 rings (SSSR count). The maximum Gasteiger partial charge on any atom is 0.490 e. The summed E-state index contributed by atoms with van der Waals surface area (Å²) in [6.07, 6.45) is -4.25. The lowest BCUT2D eigenvalue weighted by atomic mass is 10.0. The summed E-state index contributed by atoms with van der Waals surface area (Å²) >= 11 is 0. The number of aliphatic carboxylic acids is 2. The third-order valence-electron chi connectivity index (χ3n) is 5.83. The van der Waals surface area contributed by atoms with Gasteiger partial charge in [-0.3, -0.25) is 14.7 Å². The number of aromatic nitrogens is 2. The SMILES string of the molecule is Cc1noc(C)c1C(=O)NC1CC2CC1CN2Cc1cccnc1.O=C(O)C(F)(F)F.O=C(O)C(F)(F)F. The van der Waals surface area contributed by atoms with E-state index < -0.39 is 24.3 Å². The van der Waals surface area contributed by atoms with Gasteiger partial charge < -0.3 is 20.1 Å². The Morgan fingerprint density at radius 2 is 1.66 bits per heavy atom. The minimum Gasteiger partial charge on any atom is -0.475 e. The van der Waals surface area contributed by atoms with Crippen LogP contribution in [0.1, 0.15) is 40.2 Å². The molecule has 0 aromatic carbocycles.